The third-order valence-electron chi connectivity index (χ3n) is 3.89. The van der Waals surface area contributed by atoms with E-state index in [-0.39, 0.29) is 16.9 Å². The number of nitrogens with one attached hydrogen (secondary N) is 1. The Labute approximate surface area is 122 Å². The quantitative estimate of drug-likeness (QED) is 0.876. The van der Waals surface area contributed by atoms with Crippen LogP contribution in [0.4, 0.5) is 4.79 Å². The summed E-state index contributed by atoms with van der Waals surface area (Å²) < 4.78 is 1.05. The molecule has 0 radical (unpaired) electrons. The molecule has 3 nitrogen and oxygen atoms in total. The van der Waals surface area contributed by atoms with Crippen molar-refractivity contribution in [1.82, 2.24) is 5.32 Å². The standard InChI is InChI=1S/C15H20BrNO2/c1-14(2,3)12(17-13(18)19)15(8-9-15)10-4-6-11(16)7-5-10/h4-7,12,17H,8-9H2,1-3H3,(H,18,19). The minimum absolute atomic E-state index is 0.0443. The normalized spacial score (nSPS) is 18.7. The van der Waals surface area contributed by atoms with Gasteiger partial charge in [0.1, 0.15) is 0 Å². The molecule has 0 aliphatic heterocycles. The largest absolute Gasteiger partial charge is 0.465 e. The predicted molar refractivity (Wildman–Crippen MR) is 79.5 cm³/mol. The molecule has 4 heteroatoms. The van der Waals surface area contributed by atoms with Crippen LogP contribution in [0, 0.1) is 5.41 Å². The molecule has 0 spiro atoms. The number of carbonyl (C=O) groups is 1. The number of benzene rings is 1. The van der Waals surface area contributed by atoms with Crippen LogP contribution in [0.1, 0.15) is 39.2 Å². The van der Waals surface area contributed by atoms with Gasteiger partial charge in [-0.3, -0.25) is 0 Å². The first-order chi connectivity index (χ1) is 8.75. The third-order valence-corrected chi connectivity index (χ3v) is 4.42. The monoisotopic (exact) mass is 325 g/mol. The van der Waals surface area contributed by atoms with Crippen LogP contribution in [0.25, 0.3) is 0 Å². The van der Waals surface area contributed by atoms with E-state index < -0.39 is 6.09 Å². The maximum Gasteiger partial charge on any atom is 0.404 e. The first-order valence-electron chi connectivity index (χ1n) is 6.51. The van der Waals surface area contributed by atoms with Crippen LogP contribution in [0.2, 0.25) is 0 Å². The van der Waals surface area contributed by atoms with Crippen molar-refractivity contribution in [1.29, 1.82) is 0 Å². The molecule has 1 amide bonds. The van der Waals surface area contributed by atoms with E-state index in [4.69, 9.17) is 5.11 Å². The fourth-order valence-electron chi connectivity index (χ4n) is 2.97. The van der Waals surface area contributed by atoms with E-state index in [1.807, 2.05) is 12.1 Å². The Kier molecular flexibility index (Phi) is 3.65. The summed E-state index contributed by atoms with van der Waals surface area (Å²) in [6.07, 6.45) is 1.14. The SMILES string of the molecule is CC(C)(C)C(NC(=O)O)C1(c2ccc(Br)cc2)CC1. The van der Waals surface area contributed by atoms with Gasteiger partial charge in [0.2, 0.25) is 0 Å². The number of rotatable bonds is 3. The highest BCUT2D eigenvalue weighted by atomic mass is 79.9. The molecule has 1 aromatic carbocycles. The minimum Gasteiger partial charge on any atom is -0.465 e. The second kappa shape index (κ2) is 4.82. The highest BCUT2D eigenvalue weighted by Crippen LogP contribution is 2.55. The zero-order chi connectivity index (χ0) is 14.3. The van der Waals surface area contributed by atoms with Crippen molar-refractivity contribution in [3.05, 3.63) is 34.3 Å². The summed E-state index contributed by atoms with van der Waals surface area (Å²) in [5.74, 6) is 0. The molecule has 1 atom stereocenters. The minimum atomic E-state index is -0.941. The Bertz CT molecular complexity index is 472. The molecule has 1 saturated carbocycles. The zero-order valence-corrected chi connectivity index (χ0v) is 13.1. The highest BCUT2D eigenvalue weighted by Gasteiger charge is 2.55. The average Bonchev–Trinajstić information content (AvgIpc) is 3.06. The number of hydrogen-bond acceptors (Lipinski definition) is 1. The second-order valence-corrected chi connectivity index (χ2v) is 7.33. The molecule has 2 N–H and O–H groups in total. The summed E-state index contributed by atoms with van der Waals surface area (Å²) in [7, 11) is 0. The molecule has 1 unspecified atom stereocenters. The van der Waals surface area contributed by atoms with Crippen molar-refractivity contribution < 1.29 is 9.90 Å². The van der Waals surface area contributed by atoms with Gasteiger partial charge in [-0.15, -0.1) is 0 Å². The first-order valence-corrected chi connectivity index (χ1v) is 7.30. The van der Waals surface area contributed by atoms with Gasteiger partial charge in [-0.1, -0.05) is 48.8 Å². The second-order valence-electron chi connectivity index (χ2n) is 6.41. The maximum absolute atomic E-state index is 11.1. The van der Waals surface area contributed by atoms with Crippen LogP contribution >= 0.6 is 15.9 Å². The summed E-state index contributed by atoms with van der Waals surface area (Å²) in [5, 5.41) is 11.9. The van der Waals surface area contributed by atoms with Crippen LogP contribution in [0.5, 0.6) is 0 Å². The fraction of sp³-hybridized carbons (Fsp3) is 0.533. The van der Waals surface area contributed by atoms with Crippen molar-refractivity contribution in [2.75, 3.05) is 0 Å². The molecule has 0 aromatic heterocycles. The molecular formula is C15H20BrNO2. The lowest BCUT2D eigenvalue weighted by Gasteiger charge is -2.37. The van der Waals surface area contributed by atoms with Gasteiger partial charge < -0.3 is 10.4 Å². The van der Waals surface area contributed by atoms with Gasteiger partial charge in [-0.25, -0.2) is 4.79 Å². The summed E-state index contributed by atoms with van der Waals surface area (Å²) in [4.78, 5) is 11.1. The number of hydrogen-bond donors (Lipinski definition) is 2. The molecule has 104 valence electrons. The van der Waals surface area contributed by atoms with E-state index in [0.29, 0.717) is 0 Å². The van der Waals surface area contributed by atoms with Crippen molar-refractivity contribution in [3.63, 3.8) is 0 Å². The fourth-order valence-corrected chi connectivity index (χ4v) is 3.23. The topological polar surface area (TPSA) is 49.3 Å². The lowest BCUT2D eigenvalue weighted by atomic mass is 9.74. The molecule has 19 heavy (non-hydrogen) atoms. The van der Waals surface area contributed by atoms with Gasteiger partial charge in [-0.05, 0) is 36.0 Å². The lowest BCUT2D eigenvalue weighted by Crippen LogP contribution is -2.51. The molecule has 1 aromatic rings. The summed E-state index contributed by atoms with van der Waals surface area (Å²) >= 11 is 3.44. The Hall–Kier alpha value is -1.03. The summed E-state index contributed by atoms with van der Waals surface area (Å²) in [6.45, 7) is 6.27. The average molecular weight is 326 g/mol. The zero-order valence-electron chi connectivity index (χ0n) is 11.5. The van der Waals surface area contributed by atoms with Crippen molar-refractivity contribution in [3.8, 4) is 0 Å². The molecule has 1 aliphatic rings. The predicted octanol–water partition coefficient (Wildman–Crippen LogP) is 4.16. The van der Waals surface area contributed by atoms with E-state index in [0.717, 1.165) is 17.3 Å². The molecule has 2 rings (SSSR count). The Morgan fingerprint density at radius 3 is 2.21 bits per heavy atom. The molecular weight excluding hydrogens is 306 g/mol. The van der Waals surface area contributed by atoms with Gasteiger partial charge in [-0.2, -0.15) is 0 Å². The molecule has 1 aliphatic carbocycles. The van der Waals surface area contributed by atoms with E-state index in [2.05, 4.69) is 54.2 Å². The van der Waals surface area contributed by atoms with Crippen LogP contribution in [0.15, 0.2) is 28.7 Å². The lowest BCUT2D eigenvalue weighted by molar-refractivity contribution is 0.162. The molecule has 1 fully saturated rings. The number of halogens is 1. The van der Waals surface area contributed by atoms with Gasteiger partial charge in [0.15, 0.2) is 0 Å². The van der Waals surface area contributed by atoms with Crippen LogP contribution < -0.4 is 5.32 Å². The van der Waals surface area contributed by atoms with E-state index in [1.54, 1.807) is 0 Å². The van der Waals surface area contributed by atoms with Crippen molar-refractivity contribution in [2.45, 2.75) is 45.1 Å². The van der Waals surface area contributed by atoms with Gasteiger partial charge in [0, 0.05) is 15.9 Å². The Balaban J connectivity index is 2.35. The number of amides is 1. The first kappa shape index (κ1) is 14.4. The Morgan fingerprint density at radius 2 is 1.84 bits per heavy atom. The Morgan fingerprint density at radius 1 is 1.32 bits per heavy atom. The molecule has 0 heterocycles. The highest BCUT2D eigenvalue weighted by molar-refractivity contribution is 9.10. The van der Waals surface area contributed by atoms with Gasteiger partial charge in [0.25, 0.3) is 0 Å². The smallest absolute Gasteiger partial charge is 0.404 e. The maximum atomic E-state index is 11.1. The third kappa shape index (κ3) is 2.94. The van der Waals surface area contributed by atoms with Crippen molar-refractivity contribution in [2.24, 2.45) is 5.41 Å². The van der Waals surface area contributed by atoms with Crippen LogP contribution in [-0.2, 0) is 5.41 Å². The van der Waals surface area contributed by atoms with E-state index in [1.165, 1.54) is 5.56 Å². The van der Waals surface area contributed by atoms with Gasteiger partial charge in [0.05, 0.1) is 0 Å². The number of carboxylic acid groups (broad SMARTS) is 1. The van der Waals surface area contributed by atoms with E-state index >= 15 is 0 Å². The van der Waals surface area contributed by atoms with Crippen LogP contribution in [-0.4, -0.2) is 17.2 Å². The molecule has 0 bridgehead atoms. The van der Waals surface area contributed by atoms with E-state index in [9.17, 15) is 4.79 Å². The van der Waals surface area contributed by atoms with Gasteiger partial charge >= 0.3 is 6.09 Å². The van der Waals surface area contributed by atoms with Crippen LogP contribution in [0.3, 0.4) is 0 Å². The van der Waals surface area contributed by atoms with Crippen molar-refractivity contribution >= 4 is 22.0 Å². The summed E-state index contributed by atoms with van der Waals surface area (Å²) in [5.41, 5.74) is 1.07. The summed E-state index contributed by atoms with van der Waals surface area (Å²) in [6, 6.07) is 8.17. The molecule has 0 saturated heterocycles.